The summed E-state index contributed by atoms with van der Waals surface area (Å²) in [6, 6.07) is 18.6. The van der Waals surface area contributed by atoms with E-state index in [0.717, 1.165) is 5.75 Å². The Bertz CT molecular complexity index is 554. The van der Waals surface area contributed by atoms with Gasteiger partial charge >= 0.3 is 0 Å². The number of rotatable bonds is 5. The molecule has 0 radical (unpaired) electrons. The van der Waals surface area contributed by atoms with E-state index in [1.54, 1.807) is 0 Å². The fraction of sp³-hybridized carbons (Fsp3) is 0.333. The van der Waals surface area contributed by atoms with Crippen LogP contribution in [0, 0.1) is 5.92 Å². The number of hydrogen-bond acceptors (Lipinski definition) is 2. The Morgan fingerprint density at radius 1 is 1.05 bits per heavy atom. The average Bonchev–Trinajstić information content (AvgIpc) is 2.45. The predicted molar refractivity (Wildman–Crippen MR) is 88.7 cm³/mol. The van der Waals surface area contributed by atoms with Crippen molar-refractivity contribution in [2.75, 3.05) is 0 Å². The molecule has 2 aromatic carbocycles. The summed E-state index contributed by atoms with van der Waals surface area (Å²) in [5, 5.41) is 0. The monoisotopic (exact) mass is 303 g/mol. The summed E-state index contributed by atoms with van der Waals surface area (Å²) in [5.74, 6) is 1.56. The first kappa shape index (κ1) is 15.9. The van der Waals surface area contributed by atoms with E-state index in [0.29, 0.717) is 12.5 Å². The summed E-state index contributed by atoms with van der Waals surface area (Å²) in [6.45, 7) is 0.600. The van der Waals surface area contributed by atoms with Crippen molar-refractivity contribution in [1.82, 2.24) is 0 Å². The van der Waals surface area contributed by atoms with E-state index in [1.807, 2.05) is 30.3 Å². The van der Waals surface area contributed by atoms with Crippen molar-refractivity contribution in [2.45, 2.75) is 31.9 Å². The van der Waals surface area contributed by atoms with Crippen molar-refractivity contribution in [1.29, 1.82) is 0 Å². The van der Waals surface area contributed by atoms with E-state index in [2.05, 4.69) is 24.3 Å². The Morgan fingerprint density at radius 3 is 2.48 bits per heavy atom. The maximum atomic E-state index is 6.32. The molecule has 21 heavy (non-hydrogen) atoms. The quantitative estimate of drug-likeness (QED) is 0.883. The molecule has 1 saturated carbocycles. The van der Waals surface area contributed by atoms with Crippen LogP contribution in [0.3, 0.4) is 0 Å². The minimum absolute atomic E-state index is 0. The SMILES string of the molecule is Cl.N[C@H](c1cccc(OCc2ccccc2)c1)C1CCC1. The standard InChI is InChI=1S/C18H21NO.ClH/c19-18(15-8-4-9-15)16-10-5-11-17(12-16)20-13-14-6-2-1-3-7-14;/h1-3,5-7,10-12,15,18H,4,8-9,13,19H2;1H/t18-;/m0./s1. The lowest BCUT2D eigenvalue weighted by Crippen LogP contribution is -2.26. The molecule has 112 valence electrons. The molecule has 3 rings (SSSR count). The zero-order chi connectivity index (χ0) is 13.8. The number of hydrogen-bond donors (Lipinski definition) is 1. The van der Waals surface area contributed by atoms with E-state index in [9.17, 15) is 0 Å². The average molecular weight is 304 g/mol. The third-order valence-electron chi connectivity index (χ3n) is 4.15. The van der Waals surface area contributed by atoms with Gasteiger partial charge in [0.2, 0.25) is 0 Å². The molecule has 0 aliphatic heterocycles. The summed E-state index contributed by atoms with van der Waals surface area (Å²) < 4.78 is 5.86. The highest BCUT2D eigenvalue weighted by atomic mass is 35.5. The van der Waals surface area contributed by atoms with E-state index < -0.39 is 0 Å². The molecule has 2 N–H and O–H groups in total. The summed E-state index contributed by atoms with van der Waals surface area (Å²) >= 11 is 0. The number of ether oxygens (including phenoxy) is 1. The molecule has 1 fully saturated rings. The van der Waals surface area contributed by atoms with Crippen LogP contribution in [-0.4, -0.2) is 0 Å². The Kier molecular flexibility index (Phi) is 5.66. The van der Waals surface area contributed by atoms with Crippen molar-refractivity contribution in [3.63, 3.8) is 0 Å². The van der Waals surface area contributed by atoms with Crippen LogP contribution >= 0.6 is 12.4 Å². The highest BCUT2D eigenvalue weighted by Crippen LogP contribution is 2.36. The van der Waals surface area contributed by atoms with E-state index in [-0.39, 0.29) is 18.4 Å². The Morgan fingerprint density at radius 2 is 1.81 bits per heavy atom. The minimum Gasteiger partial charge on any atom is -0.489 e. The fourth-order valence-corrected chi connectivity index (χ4v) is 2.62. The van der Waals surface area contributed by atoms with E-state index in [4.69, 9.17) is 10.5 Å². The van der Waals surface area contributed by atoms with E-state index in [1.165, 1.54) is 30.4 Å². The van der Waals surface area contributed by atoms with Gasteiger partial charge in [-0.25, -0.2) is 0 Å². The van der Waals surface area contributed by atoms with Gasteiger partial charge in [-0.3, -0.25) is 0 Å². The normalized spacial score (nSPS) is 15.7. The van der Waals surface area contributed by atoms with Crippen molar-refractivity contribution in [3.8, 4) is 5.75 Å². The number of nitrogens with two attached hydrogens (primary N) is 1. The van der Waals surface area contributed by atoms with Gasteiger partial charge in [-0.1, -0.05) is 48.9 Å². The molecule has 3 heteroatoms. The third-order valence-corrected chi connectivity index (χ3v) is 4.15. The largest absolute Gasteiger partial charge is 0.489 e. The lowest BCUT2D eigenvalue weighted by Gasteiger charge is -2.31. The van der Waals surface area contributed by atoms with Crippen LogP contribution in [0.5, 0.6) is 5.75 Å². The van der Waals surface area contributed by atoms with Gasteiger partial charge in [0.15, 0.2) is 0 Å². The van der Waals surface area contributed by atoms with Gasteiger partial charge in [-0.2, -0.15) is 0 Å². The van der Waals surface area contributed by atoms with Gasteiger partial charge in [-0.05, 0) is 42.0 Å². The predicted octanol–water partition coefficient (Wildman–Crippen LogP) is 4.49. The molecule has 2 aromatic rings. The molecule has 0 saturated heterocycles. The second-order valence-electron chi connectivity index (χ2n) is 5.56. The first-order chi connectivity index (χ1) is 9.83. The summed E-state index contributed by atoms with van der Waals surface area (Å²) in [4.78, 5) is 0. The smallest absolute Gasteiger partial charge is 0.120 e. The Hall–Kier alpha value is -1.51. The summed E-state index contributed by atoms with van der Waals surface area (Å²) in [5.41, 5.74) is 8.70. The maximum absolute atomic E-state index is 6.32. The Labute approximate surface area is 132 Å². The molecule has 0 spiro atoms. The Balaban J connectivity index is 0.00000161. The lowest BCUT2D eigenvalue weighted by molar-refractivity contribution is 0.263. The van der Waals surface area contributed by atoms with Gasteiger partial charge in [-0.15, -0.1) is 12.4 Å². The van der Waals surface area contributed by atoms with Gasteiger partial charge in [0.25, 0.3) is 0 Å². The molecular weight excluding hydrogens is 282 g/mol. The number of benzene rings is 2. The van der Waals surface area contributed by atoms with Crippen molar-refractivity contribution < 1.29 is 4.74 Å². The molecule has 0 heterocycles. The van der Waals surface area contributed by atoms with Gasteiger partial charge in [0.05, 0.1) is 0 Å². The van der Waals surface area contributed by atoms with E-state index >= 15 is 0 Å². The first-order valence-corrected chi connectivity index (χ1v) is 7.35. The molecule has 0 amide bonds. The zero-order valence-corrected chi connectivity index (χ0v) is 12.9. The highest BCUT2D eigenvalue weighted by molar-refractivity contribution is 5.85. The second-order valence-corrected chi connectivity index (χ2v) is 5.56. The van der Waals surface area contributed by atoms with Crippen molar-refractivity contribution in [3.05, 3.63) is 65.7 Å². The zero-order valence-electron chi connectivity index (χ0n) is 12.1. The third kappa shape index (κ3) is 3.99. The van der Waals surface area contributed by atoms with Crippen LogP contribution in [0.2, 0.25) is 0 Å². The topological polar surface area (TPSA) is 35.2 Å². The lowest BCUT2D eigenvalue weighted by atomic mass is 9.77. The summed E-state index contributed by atoms with van der Waals surface area (Å²) in [7, 11) is 0. The van der Waals surface area contributed by atoms with Crippen LogP contribution in [0.1, 0.15) is 36.4 Å². The van der Waals surface area contributed by atoms with Crippen LogP contribution < -0.4 is 10.5 Å². The molecule has 0 bridgehead atoms. The van der Waals surface area contributed by atoms with Crippen LogP contribution in [0.25, 0.3) is 0 Å². The van der Waals surface area contributed by atoms with Gasteiger partial charge < -0.3 is 10.5 Å². The maximum Gasteiger partial charge on any atom is 0.120 e. The minimum atomic E-state index is 0. The molecule has 1 atom stereocenters. The van der Waals surface area contributed by atoms with Crippen LogP contribution in [-0.2, 0) is 6.61 Å². The molecular formula is C18H22ClNO. The summed E-state index contributed by atoms with van der Waals surface area (Å²) in [6.07, 6.45) is 3.84. The molecule has 1 aliphatic carbocycles. The molecule has 0 aromatic heterocycles. The van der Waals surface area contributed by atoms with Crippen LogP contribution in [0.15, 0.2) is 54.6 Å². The highest BCUT2D eigenvalue weighted by Gasteiger charge is 2.25. The molecule has 2 nitrogen and oxygen atoms in total. The van der Waals surface area contributed by atoms with Gasteiger partial charge in [0.1, 0.15) is 12.4 Å². The molecule has 0 unspecified atom stereocenters. The number of halogens is 1. The second kappa shape index (κ2) is 7.48. The van der Waals surface area contributed by atoms with Crippen molar-refractivity contribution in [2.24, 2.45) is 11.7 Å². The fourth-order valence-electron chi connectivity index (χ4n) is 2.62. The van der Waals surface area contributed by atoms with Crippen LogP contribution in [0.4, 0.5) is 0 Å². The first-order valence-electron chi connectivity index (χ1n) is 7.35. The van der Waals surface area contributed by atoms with Gasteiger partial charge in [0, 0.05) is 6.04 Å². The molecule has 1 aliphatic rings. The van der Waals surface area contributed by atoms with Crippen molar-refractivity contribution >= 4 is 12.4 Å².